The lowest BCUT2D eigenvalue weighted by molar-refractivity contribution is -0.123. The van der Waals surface area contributed by atoms with Gasteiger partial charge < -0.3 is 10.2 Å². The molecule has 1 fully saturated rings. The summed E-state index contributed by atoms with van der Waals surface area (Å²) in [6.07, 6.45) is -3.94. The van der Waals surface area contributed by atoms with E-state index in [9.17, 15) is 26.4 Å². The van der Waals surface area contributed by atoms with Gasteiger partial charge >= 0.3 is 6.18 Å². The molecule has 1 saturated heterocycles. The average molecular weight is 466 g/mol. The zero-order valence-electron chi connectivity index (χ0n) is 17.0. The highest BCUT2D eigenvalue weighted by molar-refractivity contribution is 7.89. The van der Waals surface area contributed by atoms with Crippen LogP contribution in [0.15, 0.2) is 53.4 Å². The standard InChI is InChI=1S/C21H21F3N4O3S/c22-21(23,24)15-26-20(29)17-4-8-19(9-5-17)32(30,31)28-11-1-10-27(12-13-28)18-6-2-16(14-25)3-7-18/h2-9H,1,10-13,15H2,(H,26,29). The number of sulfonamides is 1. The molecule has 1 amide bonds. The maximum absolute atomic E-state index is 13.0. The third-order valence-electron chi connectivity index (χ3n) is 5.02. The Balaban J connectivity index is 1.67. The van der Waals surface area contributed by atoms with Gasteiger partial charge in [0.15, 0.2) is 0 Å². The second-order valence-electron chi connectivity index (χ2n) is 7.23. The van der Waals surface area contributed by atoms with E-state index in [4.69, 9.17) is 5.26 Å². The number of hydrogen-bond acceptors (Lipinski definition) is 5. The number of anilines is 1. The van der Waals surface area contributed by atoms with E-state index in [0.717, 1.165) is 5.69 Å². The van der Waals surface area contributed by atoms with Crippen LogP contribution in [0.25, 0.3) is 0 Å². The van der Waals surface area contributed by atoms with Gasteiger partial charge in [0.25, 0.3) is 5.91 Å². The summed E-state index contributed by atoms with van der Waals surface area (Å²) in [7, 11) is -3.83. The summed E-state index contributed by atoms with van der Waals surface area (Å²) in [5, 5.41) is 10.7. The Kier molecular flexibility index (Phi) is 7.06. The van der Waals surface area contributed by atoms with Crippen molar-refractivity contribution in [3.05, 3.63) is 59.7 Å². The number of benzene rings is 2. The van der Waals surface area contributed by atoms with Gasteiger partial charge in [-0.2, -0.15) is 22.7 Å². The van der Waals surface area contributed by atoms with E-state index in [0.29, 0.717) is 31.6 Å². The number of carbonyl (C=O) groups excluding carboxylic acids is 1. The van der Waals surface area contributed by atoms with Crippen LogP contribution in [0, 0.1) is 11.3 Å². The lowest BCUT2D eigenvalue weighted by Crippen LogP contribution is -2.35. The van der Waals surface area contributed by atoms with Crippen molar-refractivity contribution in [2.24, 2.45) is 0 Å². The zero-order chi connectivity index (χ0) is 23.4. The van der Waals surface area contributed by atoms with Crippen LogP contribution in [0.2, 0.25) is 0 Å². The number of halogens is 3. The number of nitrogens with zero attached hydrogens (tertiary/aromatic N) is 3. The number of amides is 1. The van der Waals surface area contributed by atoms with Gasteiger partial charge in [-0.3, -0.25) is 4.79 Å². The van der Waals surface area contributed by atoms with Gasteiger partial charge in [0.2, 0.25) is 10.0 Å². The van der Waals surface area contributed by atoms with Crippen molar-refractivity contribution in [3.63, 3.8) is 0 Å². The van der Waals surface area contributed by atoms with Crippen molar-refractivity contribution in [2.75, 3.05) is 37.6 Å². The van der Waals surface area contributed by atoms with Crippen LogP contribution in [-0.2, 0) is 10.0 Å². The van der Waals surface area contributed by atoms with E-state index in [1.807, 2.05) is 17.0 Å². The van der Waals surface area contributed by atoms with Gasteiger partial charge in [-0.05, 0) is 55.0 Å². The van der Waals surface area contributed by atoms with Crippen LogP contribution in [0.4, 0.5) is 18.9 Å². The molecule has 3 rings (SSSR count). The molecule has 2 aromatic carbocycles. The van der Waals surface area contributed by atoms with E-state index in [1.165, 1.54) is 28.6 Å². The Labute approximate surface area is 184 Å². The summed E-state index contributed by atoms with van der Waals surface area (Å²) in [4.78, 5) is 13.8. The molecule has 7 nitrogen and oxygen atoms in total. The monoisotopic (exact) mass is 466 g/mol. The fourth-order valence-electron chi connectivity index (χ4n) is 3.35. The first-order valence-electron chi connectivity index (χ1n) is 9.80. The molecule has 1 N–H and O–H groups in total. The second-order valence-corrected chi connectivity index (χ2v) is 9.16. The fourth-order valence-corrected chi connectivity index (χ4v) is 4.82. The number of alkyl halides is 3. The van der Waals surface area contributed by atoms with Crippen molar-refractivity contribution >= 4 is 21.6 Å². The zero-order valence-corrected chi connectivity index (χ0v) is 17.8. The molecule has 2 aromatic rings. The molecule has 0 aromatic heterocycles. The average Bonchev–Trinajstić information content (AvgIpc) is 3.04. The molecule has 0 bridgehead atoms. The first kappa shape index (κ1) is 23.6. The third-order valence-corrected chi connectivity index (χ3v) is 6.93. The summed E-state index contributed by atoms with van der Waals surface area (Å²) in [6, 6.07) is 14.0. The van der Waals surface area contributed by atoms with Crippen molar-refractivity contribution < 1.29 is 26.4 Å². The van der Waals surface area contributed by atoms with Gasteiger partial charge in [0.05, 0.1) is 16.5 Å². The number of hydrogen-bond donors (Lipinski definition) is 1. The maximum Gasteiger partial charge on any atom is 0.405 e. The minimum atomic E-state index is -4.53. The summed E-state index contributed by atoms with van der Waals surface area (Å²) in [6.45, 7) is 0.202. The lowest BCUT2D eigenvalue weighted by Gasteiger charge is -2.23. The molecule has 0 atom stereocenters. The Morgan fingerprint density at radius 3 is 2.25 bits per heavy atom. The van der Waals surface area contributed by atoms with Gasteiger partial charge in [-0.15, -0.1) is 0 Å². The normalized spacial score (nSPS) is 15.6. The topological polar surface area (TPSA) is 93.5 Å². The first-order valence-corrected chi connectivity index (χ1v) is 11.2. The summed E-state index contributed by atoms with van der Waals surface area (Å²) >= 11 is 0. The van der Waals surface area contributed by atoms with Gasteiger partial charge in [-0.1, -0.05) is 0 Å². The summed E-state index contributed by atoms with van der Waals surface area (Å²) < 4.78 is 64.1. The Morgan fingerprint density at radius 1 is 1.00 bits per heavy atom. The minimum absolute atomic E-state index is 0.0308. The molecule has 1 heterocycles. The van der Waals surface area contributed by atoms with Crippen LogP contribution >= 0.6 is 0 Å². The number of rotatable bonds is 5. The van der Waals surface area contributed by atoms with E-state index in [-0.39, 0.29) is 17.0 Å². The molecule has 0 radical (unpaired) electrons. The second kappa shape index (κ2) is 9.58. The predicted octanol–water partition coefficient (Wildman–Crippen LogP) is 2.75. The van der Waals surface area contributed by atoms with Crippen LogP contribution in [0.5, 0.6) is 0 Å². The third kappa shape index (κ3) is 5.77. The SMILES string of the molecule is N#Cc1ccc(N2CCCN(S(=O)(=O)c3ccc(C(=O)NCC(F)(F)F)cc3)CC2)cc1. The molecular formula is C21H21F3N4O3S. The van der Waals surface area contributed by atoms with E-state index in [1.54, 1.807) is 17.4 Å². The van der Waals surface area contributed by atoms with Crippen LogP contribution in [-0.4, -0.2) is 57.5 Å². The highest BCUT2D eigenvalue weighted by Gasteiger charge is 2.29. The van der Waals surface area contributed by atoms with Crippen molar-refractivity contribution in [1.82, 2.24) is 9.62 Å². The molecule has 0 saturated carbocycles. The van der Waals surface area contributed by atoms with Crippen molar-refractivity contribution in [3.8, 4) is 6.07 Å². The highest BCUT2D eigenvalue weighted by atomic mass is 32.2. The number of nitrogens with one attached hydrogen (secondary N) is 1. The van der Waals surface area contributed by atoms with Crippen LogP contribution < -0.4 is 10.2 Å². The smallest absolute Gasteiger partial charge is 0.370 e. The largest absolute Gasteiger partial charge is 0.405 e. The van der Waals surface area contributed by atoms with Crippen LogP contribution in [0.1, 0.15) is 22.3 Å². The molecule has 32 heavy (non-hydrogen) atoms. The molecule has 1 aliphatic rings. The Bertz CT molecular complexity index is 1100. The van der Waals surface area contributed by atoms with E-state index in [2.05, 4.69) is 6.07 Å². The molecule has 0 unspecified atom stereocenters. The van der Waals surface area contributed by atoms with Crippen molar-refractivity contribution in [2.45, 2.75) is 17.5 Å². The molecule has 11 heteroatoms. The van der Waals surface area contributed by atoms with Gasteiger partial charge in [-0.25, -0.2) is 8.42 Å². The van der Waals surface area contributed by atoms with Gasteiger partial charge in [0, 0.05) is 37.4 Å². The summed E-state index contributed by atoms with van der Waals surface area (Å²) in [5.74, 6) is -0.931. The Morgan fingerprint density at radius 2 is 1.66 bits per heavy atom. The predicted molar refractivity (Wildman–Crippen MR) is 112 cm³/mol. The van der Waals surface area contributed by atoms with E-state index >= 15 is 0 Å². The minimum Gasteiger partial charge on any atom is -0.370 e. The van der Waals surface area contributed by atoms with Crippen molar-refractivity contribution in [1.29, 1.82) is 5.26 Å². The fraction of sp³-hybridized carbons (Fsp3) is 0.333. The van der Waals surface area contributed by atoms with E-state index < -0.39 is 28.7 Å². The number of carbonyl (C=O) groups is 1. The maximum atomic E-state index is 13.0. The molecule has 0 aliphatic carbocycles. The quantitative estimate of drug-likeness (QED) is 0.732. The lowest BCUT2D eigenvalue weighted by atomic mass is 10.2. The molecular weight excluding hydrogens is 445 g/mol. The molecule has 1 aliphatic heterocycles. The Hall–Kier alpha value is -3.10. The highest BCUT2D eigenvalue weighted by Crippen LogP contribution is 2.22. The number of nitriles is 1. The molecule has 170 valence electrons. The van der Waals surface area contributed by atoms with Crippen LogP contribution in [0.3, 0.4) is 0 Å². The summed E-state index contributed by atoms with van der Waals surface area (Å²) in [5.41, 5.74) is 1.39. The van der Waals surface area contributed by atoms with Gasteiger partial charge in [0.1, 0.15) is 6.54 Å². The first-order chi connectivity index (χ1) is 15.1. The molecule has 0 spiro atoms.